The maximum absolute atomic E-state index is 5.88. The SMILES string of the molecule is CCn1cc(CN2C(C)CCCC2CN)cn1. The number of aromatic nitrogens is 2. The van der Waals surface area contributed by atoms with Crippen LogP contribution >= 0.6 is 0 Å². The van der Waals surface area contributed by atoms with Crippen molar-refractivity contribution in [1.29, 1.82) is 0 Å². The van der Waals surface area contributed by atoms with Gasteiger partial charge in [-0.15, -0.1) is 0 Å². The minimum atomic E-state index is 0.545. The summed E-state index contributed by atoms with van der Waals surface area (Å²) in [5, 5.41) is 4.33. The molecule has 0 radical (unpaired) electrons. The van der Waals surface area contributed by atoms with Gasteiger partial charge in [0.15, 0.2) is 0 Å². The highest BCUT2D eigenvalue weighted by molar-refractivity contribution is 5.05. The second kappa shape index (κ2) is 5.65. The van der Waals surface area contributed by atoms with Gasteiger partial charge in [-0.1, -0.05) is 6.42 Å². The number of hydrogen-bond donors (Lipinski definition) is 1. The molecule has 1 aromatic heterocycles. The highest BCUT2D eigenvalue weighted by Crippen LogP contribution is 2.24. The minimum Gasteiger partial charge on any atom is -0.329 e. The molecule has 1 saturated heterocycles. The van der Waals surface area contributed by atoms with Crippen molar-refractivity contribution in [1.82, 2.24) is 14.7 Å². The molecule has 0 spiro atoms. The fourth-order valence-electron chi connectivity index (χ4n) is 2.75. The number of aryl methyl sites for hydroxylation is 1. The van der Waals surface area contributed by atoms with Gasteiger partial charge < -0.3 is 5.73 Å². The number of rotatable bonds is 4. The maximum Gasteiger partial charge on any atom is 0.0534 e. The topological polar surface area (TPSA) is 47.1 Å². The van der Waals surface area contributed by atoms with Crippen molar-refractivity contribution in [3.8, 4) is 0 Å². The van der Waals surface area contributed by atoms with E-state index < -0.39 is 0 Å². The normalized spacial score (nSPS) is 26.3. The Morgan fingerprint density at radius 1 is 1.47 bits per heavy atom. The summed E-state index contributed by atoms with van der Waals surface area (Å²) in [7, 11) is 0. The van der Waals surface area contributed by atoms with Gasteiger partial charge in [-0.3, -0.25) is 9.58 Å². The quantitative estimate of drug-likeness (QED) is 0.864. The first-order valence-corrected chi connectivity index (χ1v) is 6.71. The molecule has 2 N–H and O–H groups in total. The van der Waals surface area contributed by atoms with Crippen LogP contribution in [-0.4, -0.2) is 33.3 Å². The molecule has 2 atom stereocenters. The molecule has 2 unspecified atom stereocenters. The Balaban J connectivity index is 2.03. The van der Waals surface area contributed by atoms with Gasteiger partial charge in [0, 0.05) is 43.5 Å². The lowest BCUT2D eigenvalue weighted by atomic mass is 9.96. The lowest BCUT2D eigenvalue weighted by molar-refractivity contribution is 0.0892. The summed E-state index contributed by atoms with van der Waals surface area (Å²) in [4.78, 5) is 2.54. The maximum atomic E-state index is 5.88. The molecular formula is C13H24N4. The van der Waals surface area contributed by atoms with Crippen LogP contribution in [0, 0.1) is 0 Å². The van der Waals surface area contributed by atoms with Crippen molar-refractivity contribution in [2.24, 2.45) is 5.73 Å². The number of hydrogen-bond acceptors (Lipinski definition) is 3. The third-order valence-corrected chi connectivity index (χ3v) is 3.84. The zero-order valence-electron chi connectivity index (χ0n) is 11.0. The third kappa shape index (κ3) is 2.87. The van der Waals surface area contributed by atoms with Crippen LogP contribution in [0.1, 0.15) is 38.7 Å². The van der Waals surface area contributed by atoms with Gasteiger partial charge in [0.2, 0.25) is 0 Å². The van der Waals surface area contributed by atoms with Gasteiger partial charge in [0.05, 0.1) is 6.20 Å². The Morgan fingerprint density at radius 2 is 2.29 bits per heavy atom. The predicted octanol–water partition coefficient (Wildman–Crippen LogP) is 1.60. The second-order valence-corrected chi connectivity index (χ2v) is 5.05. The molecule has 1 aliphatic rings. The van der Waals surface area contributed by atoms with Crippen molar-refractivity contribution in [3.63, 3.8) is 0 Å². The van der Waals surface area contributed by atoms with E-state index >= 15 is 0 Å². The summed E-state index contributed by atoms with van der Waals surface area (Å²) in [6, 6.07) is 1.19. The van der Waals surface area contributed by atoms with Crippen LogP contribution in [0.4, 0.5) is 0 Å². The molecule has 17 heavy (non-hydrogen) atoms. The monoisotopic (exact) mass is 236 g/mol. The van der Waals surface area contributed by atoms with Crippen LogP contribution < -0.4 is 5.73 Å². The number of nitrogens with zero attached hydrogens (tertiary/aromatic N) is 3. The van der Waals surface area contributed by atoms with Gasteiger partial charge in [0.25, 0.3) is 0 Å². The first-order valence-electron chi connectivity index (χ1n) is 6.71. The number of nitrogens with two attached hydrogens (primary N) is 1. The average molecular weight is 236 g/mol. The van der Waals surface area contributed by atoms with Crippen molar-refractivity contribution in [2.75, 3.05) is 6.54 Å². The van der Waals surface area contributed by atoms with E-state index in [1.807, 2.05) is 10.9 Å². The van der Waals surface area contributed by atoms with Crippen LogP contribution in [0.2, 0.25) is 0 Å². The molecule has 0 aliphatic carbocycles. The van der Waals surface area contributed by atoms with E-state index in [-0.39, 0.29) is 0 Å². The van der Waals surface area contributed by atoms with Gasteiger partial charge in [0.1, 0.15) is 0 Å². The molecule has 2 rings (SSSR count). The Kier molecular flexibility index (Phi) is 4.18. The molecule has 0 saturated carbocycles. The summed E-state index contributed by atoms with van der Waals surface area (Å²) in [6.45, 7) is 7.13. The highest BCUT2D eigenvalue weighted by atomic mass is 15.3. The molecule has 0 aromatic carbocycles. The van der Waals surface area contributed by atoms with E-state index in [1.165, 1.54) is 24.8 Å². The van der Waals surface area contributed by atoms with Crippen LogP contribution in [0.15, 0.2) is 12.4 Å². The Morgan fingerprint density at radius 3 is 2.94 bits per heavy atom. The Hall–Kier alpha value is -0.870. The minimum absolute atomic E-state index is 0.545. The molecule has 1 aromatic rings. The molecule has 4 nitrogen and oxygen atoms in total. The fourth-order valence-corrected chi connectivity index (χ4v) is 2.75. The number of likely N-dealkylation sites (tertiary alicyclic amines) is 1. The third-order valence-electron chi connectivity index (χ3n) is 3.84. The first-order chi connectivity index (χ1) is 8.24. The van der Waals surface area contributed by atoms with Crippen LogP contribution in [0.3, 0.4) is 0 Å². The van der Waals surface area contributed by atoms with E-state index in [4.69, 9.17) is 5.73 Å². The fraction of sp³-hybridized carbons (Fsp3) is 0.769. The molecule has 1 fully saturated rings. The summed E-state index contributed by atoms with van der Waals surface area (Å²) < 4.78 is 1.99. The van der Waals surface area contributed by atoms with Crippen molar-refractivity contribution in [3.05, 3.63) is 18.0 Å². The van der Waals surface area contributed by atoms with Gasteiger partial charge in [-0.2, -0.15) is 5.10 Å². The predicted molar refractivity (Wildman–Crippen MR) is 69.6 cm³/mol. The van der Waals surface area contributed by atoms with Crippen LogP contribution in [0.25, 0.3) is 0 Å². The summed E-state index contributed by atoms with van der Waals surface area (Å²) in [6.07, 6.45) is 7.97. The zero-order valence-corrected chi connectivity index (χ0v) is 11.0. The van der Waals surface area contributed by atoms with Gasteiger partial charge >= 0.3 is 0 Å². The van der Waals surface area contributed by atoms with E-state index in [9.17, 15) is 0 Å². The lowest BCUT2D eigenvalue weighted by Gasteiger charge is -2.40. The Bertz CT molecular complexity index is 347. The molecule has 1 aliphatic heterocycles. The van der Waals surface area contributed by atoms with E-state index in [2.05, 4.69) is 30.0 Å². The molecule has 4 heteroatoms. The zero-order chi connectivity index (χ0) is 12.3. The lowest BCUT2D eigenvalue weighted by Crippen LogP contribution is -2.48. The largest absolute Gasteiger partial charge is 0.329 e. The van der Waals surface area contributed by atoms with E-state index in [0.29, 0.717) is 12.1 Å². The van der Waals surface area contributed by atoms with Gasteiger partial charge in [-0.25, -0.2) is 0 Å². The van der Waals surface area contributed by atoms with Gasteiger partial charge in [-0.05, 0) is 26.7 Å². The molecule has 0 bridgehead atoms. The Labute approximate surface area is 104 Å². The van der Waals surface area contributed by atoms with E-state index in [1.54, 1.807) is 0 Å². The van der Waals surface area contributed by atoms with Crippen molar-refractivity contribution in [2.45, 2.75) is 58.3 Å². The molecule has 2 heterocycles. The highest BCUT2D eigenvalue weighted by Gasteiger charge is 2.26. The number of piperidine rings is 1. The van der Waals surface area contributed by atoms with Crippen LogP contribution in [-0.2, 0) is 13.1 Å². The average Bonchev–Trinajstić information content (AvgIpc) is 2.79. The van der Waals surface area contributed by atoms with E-state index in [0.717, 1.165) is 19.6 Å². The van der Waals surface area contributed by atoms with Crippen LogP contribution in [0.5, 0.6) is 0 Å². The summed E-state index contributed by atoms with van der Waals surface area (Å²) >= 11 is 0. The molecule has 96 valence electrons. The smallest absolute Gasteiger partial charge is 0.0534 e. The molecule has 0 amide bonds. The van der Waals surface area contributed by atoms with Crippen molar-refractivity contribution >= 4 is 0 Å². The first kappa shape index (κ1) is 12.6. The van der Waals surface area contributed by atoms with Crippen molar-refractivity contribution < 1.29 is 0 Å². The summed E-state index contributed by atoms with van der Waals surface area (Å²) in [5.74, 6) is 0. The molecular weight excluding hydrogens is 212 g/mol. The second-order valence-electron chi connectivity index (χ2n) is 5.05. The summed E-state index contributed by atoms with van der Waals surface area (Å²) in [5.41, 5.74) is 7.18. The standard InChI is InChI=1S/C13H24N4/c1-3-16-9-12(8-15-16)10-17-11(2)5-4-6-13(17)7-14/h8-9,11,13H,3-7,10,14H2,1-2H3.